The lowest BCUT2D eigenvalue weighted by molar-refractivity contribution is 0.624. The molecule has 0 aliphatic carbocycles. The van der Waals surface area contributed by atoms with E-state index in [4.69, 9.17) is 0 Å². The van der Waals surface area contributed by atoms with E-state index in [2.05, 4.69) is 11.7 Å². The quantitative estimate of drug-likeness (QED) is 0.748. The summed E-state index contributed by atoms with van der Waals surface area (Å²) >= 11 is 0. The molecule has 0 fully saturated rings. The van der Waals surface area contributed by atoms with Gasteiger partial charge in [0, 0.05) is 11.8 Å². The van der Waals surface area contributed by atoms with E-state index in [1.807, 2.05) is 6.20 Å². The highest BCUT2D eigenvalue weighted by Crippen LogP contribution is 2.06. The molecule has 0 unspecified atom stereocenters. The van der Waals surface area contributed by atoms with Crippen molar-refractivity contribution in [3.63, 3.8) is 0 Å². The SMILES string of the molecule is C=Cc1cnn(Cc2ccc(F)cc2)c1. The largest absolute Gasteiger partial charge is 0.268 e. The molecule has 1 heterocycles. The third kappa shape index (κ3) is 2.31. The predicted octanol–water partition coefficient (Wildman–Crippen LogP) is 2.71. The Balaban J connectivity index is 2.14. The molecule has 0 aliphatic rings. The first-order valence-corrected chi connectivity index (χ1v) is 4.67. The van der Waals surface area contributed by atoms with Crippen molar-refractivity contribution in [2.75, 3.05) is 0 Å². The second kappa shape index (κ2) is 4.09. The highest BCUT2D eigenvalue weighted by Gasteiger charge is 1.97. The fourth-order valence-electron chi connectivity index (χ4n) is 1.35. The molecule has 0 spiro atoms. The zero-order valence-electron chi connectivity index (χ0n) is 8.23. The van der Waals surface area contributed by atoms with Crippen LogP contribution in [0.3, 0.4) is 0 Å². The average molecular weight is 202 g/mol. The van der Waals surface area contributed by atoms with E-state index in [1.165, 1.54) is 12.1 Å². The van der Waals surface area contributed by atoms with E-state index < -0.39 is 0 Å². The average Bonchev–Trinajstić information content (AvgIpc) is 2.69. The van der Waals surface area contributed by atoms with Gasteiger partial charge in [-0.25, -0.2) is 4.39 Å². The van der Waals surface area contributed by atoms with Crippen molar-refractivity contribution in [2.45, 2.75) is 6.54 Å². The van der Waals surface area contributed by atoms with Crippen LogP contribution < -0.4 is 0 Å². The van der Waals surface area contributed by atoms with Crippen LogP contribution in [0.4, 0.5) is 4.39 Å². The second-order valence-corrected chi connectivity index (χ2v) is 3.30. The fourth-order valence-corrected chi connectivity index (χ4v) is 1.35. The smallest absolute Gasteiger partial charge is 0.123 e. The van der Waals surface area contributed by atoms with E-state index in [-0.39, 0.29) is 5.82 Å². The number of nitrogens with zero attached hydrogens (tertiary/aromatic N) is 2. The van der Waals surface area contributed by atoms with E-state index in [1.54, 1.807) is 29.1 Å². The summed E-state index contributed by atoms with van der Waals surface area (Å²) in [5.41, 5.74) is 2.01. The van der Waals surface area contributed by atoms with Gasteiger partial charge >= 0.3 is 0 Å². The topological polar surface area (TPSA) is 17.8 Å². The van der Waals surface area contributed by atoms with E-state index in [0.717, 1.165) is 11.1 Å². The third-order valence-electron chi connectivity index (χ3n) is 2.15. The molecule has 15 heavy (non-hydrogen) atoms. The van der Waals surface area contributed by atoms with Crippen molar-refractivity contribution < 1.29 is 4.39 Å². The van der Waals surface area contributed by atoms with Gasteiger partial charge in [-0.15, -0.1) is 0 Å². The van der Waals surface area contributed by atoms with Gasteiger partial charge in [-0.3, -0.25) is 4.68 Å². The first-order valence-electron chi connectivity index (χ1n) is 4.67. The summed E-state index contributed by atoms with van der Waals surface area (Å²) in [6.07, 6.45) is 5.39. The van der Waals surface area contributed by atoms with Crippen molar-refractivity contribution in [1.29, 1.82) is 0 Å². The normalized spacial score (nSPS) is 10.2. The van der Waals surface area contributed by atoms with Crippen LogP contribution in [0, 0.1) is 5.82 Å². The van der Waals surface area contributed by atoms with Crippen LogP contribution in [-0.2, 0) is 6.54 Å². The lowest BCUT2D eigenvalue weighted by Crippen LogP contribution is -1.99. The number of rotatable bonds is 3. The molecule has 1 aromatic carbocycles. The van der Waals surface area contributed by atoms with Crippen LogP contribution in [0.1, 0.15) is 11.1 Å². The Hall–Kier alpha value is -1.90. The van der Waals surface area contributed by atoms with Gasteiger partial charge in [-0.05, 0) is 17.7 Å². The molecule has 0 saturated carbocycles. The van der Waals surface area contributed by atoms with Crippen molar-refractivity contribution in [1.82, 2.24) is 9.78 Å². The van der Waals surface area contributed by atoms with Crippen LogP contribution in [0.2, 0.25) is 0 Å². The number of halogens is 1. The zero-order valence-corrected chi connectivity index (χ0v) is 8.23. The minimum atomic E-state index is -0.217. The molecule has 76 valence electrons. The van der Waals surface area contributed by atoms with Gasteiger partial charge in [0.15, 0.2) is 0 Å². The van der Waals surface area contributed by atoms with Crippen LogP contribution in [0.15, 0.2) is 43.2 Å². The molecule has 0 aliphatic heterocycles. The Morgan fingerprint density at radius 3 is 2.67 bits per heavy atom. The molecule has 2 rings (SSSR count). The minimum Gasteiger partial charge on any atom is -0.268 e. The maximum Gasteiger partial charge on any atom is 0.123 e. The number of benzene rings is 1. The summed E-state index contributed by atoms with van der Waals surface area (Å²) in [5.74, 6) is -0.217. The molecule has 0 radical (unpaired) electrons. The van der Waals surface area contributed by atoms with Crippen LogP contribution >= 0.6 is 0 Å². The van der Waals surface area contributed by atoms with Crippen molar-refractivity contribution >= 4 is 6.08 Å². The zero-order chi connectivity index (χ0) is 10.7. The molecule has 2 aromatic rings. The molecule has 1 aromatic heterocycles. The Morgan fingerprint density at radius 2 is 2.07 bits per heavy atom. The number of aromatic nitrogens is 2. The maximum absolute atomic E-state index is 12.6. The maximum atomic E-state index is 12.6. The molecule has 0 bridgehead atoms. The second-order valence-electron chi connectivity index (χ2n) is 3.30. The summed E-state index contributed by atoms with van der Waals surface area (Å²) in [5, 5.41) is 4.16. The van der Waals surface area contributed by atoms with Gasteiger partial charge < -0.3 is 0 Å². The lowest BCUT2D eigenvalue weighted by atomic mass is 10.2. The van der Waals surface area contributed by atoms with E-state index >= 15 is 0 Å². The summed E-state index contributed by atoms with van der Waals surface area (Å²) in [4.78, 5) is 0. The highest BCUT2D eigenvalue weighted by molar-refractivity contribution is 5.43. The van der Waals surface area contributed by atoms with Crippen molar-refractivity contribution in [3.8, 4) is 0 Å². The van der Waals surface area contributed by atoms with E-state index in [9.17, 15) is 4.39 Å². The molecule has 0 saturated heterocycles. The van der Waals surface area contributed by atoms with Crippen LogP contribution in [0.5, 0.6) is 0 Å². The highest BCUT2D eigenvalue weighted by atomic mass is 19.1. The number of hydrogen-bond acceptors (Lipinski definition) is 1. The lowest BCUT2D eigenvalue weighted by Gasteiger charge is -2.00. The Morgan fingerprint density at radius 1 is 1.33 bits per heavy atom. The standard InChI is InChI=1S/C12H11FN2/c1-2-10-7-14-15(8-10)9-11-3-5-12(13)6-4-11/h2-8H,1,9H2. The first-order chi connectivity index (χ1) is 7.28. The predicted molar refractivity (Wildman–Crippen MR) is 57.8 cm³/mol. The Labute approximate surface area is 87.7 Å². The molecule has 3 heteroatoms. The fraction of sp³-hybridized carbons (Fsp3) is 0.0833. The summed E-state index contributed by atoms with van der Waals surface area (Å²) in [6.45, 7) is 4.31. The molecular weight excluding hydrogens is 191 g/mol. The first kappa shape index (κ1) is 9.65. The summed E-state index contributed by atoms with van der Waals surface area (Å²) < 4.78 is 14.4. The van der Waals surface area contributed by atoms with E-state index in [0.29, 0.717) is 6.54 Å². The molecule has 0 amide bonds. The van der Waals surface area contributed by atoms with Gasteiger partial charge in [0.25, 0.3) is 0 Å². The van der Waals surface area contributed by atoms with Crippen molar-refractivity contribution in [3.05, 3.63) is 60.2 Å². The van der Waals surface area contributed by atoms with Crippen LogP contribution in [-0.4, -0.2) is 9.78 Å². The summed E-state index contributed by atoms with van der Waals surface area (Å²) in [7, 11) is 0. The Bertz CT molecular complexity index is 457. The molecular formula is C12H11FN2. The number of hydrogen-bond donors (Lipinski definition) is 0. The minimum absolute atomic E-state index is 0.217. The molecule has 0 atom stereocenters. The van der Waals surface area contributed by atoms with Crippen LogP contribution in [0.25, 0.3) is 6.08 Å². The summed E-state index contributed by atoms with van der Waals surface area (Å²) in [6, 6.07) is 6.41. The van der Waals surface area contributed by atoms with Crippen molar-refractivity contribution in [2.24, 2.45) is 0 Å². The molecule has 0 N–H and O–H groups in total. The van der Waals surface area contributed by atoms with Gasteiger partial charge in [-0.2, -0.15) is 5.10 Å². The van der Waals surface area contributed by atoms with Gasteiger partial charge in [0.05, 0.1) is 12.7 Å². The van der Waals surface area contributed by atoms with Gasteiger partial charge in [0.1, 0.15) is 5.82 Å². The third-order valence-corrected chi connectivity index (χ3v) is 2.15. The van der Waals surface area contributed by atoms with Gasteiger partial charge in [0.2, 0.25) is 0 Å². The Kier molecular flexibility index (Phi) is 2.63. The monoisotopic (exact) mass is 202 g/mol. The molecule has 2 nitrogen and oxygen atoms in total. The van der Waals surface area contributed by atoms with Gasteiger partial charge in [-0.1, -0.05) is 24.8 Å².